The molecule has 2 aromatic rings. The van der Waals surface area contributed by atoms with Crippen LogP contribution in [-0.2, 0) is 0 Å². The molecule has 3 nitrogen and oxygen atoms in total. The highest BCUT2D eigenvalue weighted by Crippen LogP contribution is 2.21. The van der Waals surface area contributed by atoms with Gasteiger partial charge in [-0.1, -0.05) is 34.1 Å². The van der Waals surface area contributed by atoms with E-state index in [9.17, 15) is 4.79 Å². The zero-order valence-electron chi connectivity index (χ0n) is 10.9. The average Bonchev–Trinajstić information content (AvgIpc) is 2.42. The molecule has 0 heterocycles. The van der Waals surface area contributed by atoms with Gasteiger partial charge in [0.15, 0.2) is 0 Å². The van der Waals surface area contributed by atoms with Gasteiger partial charge in [0.25, 0.3) is 0 Å². The number of para-hydroxylation sites is 1. The minimum atomic E-state index is -0.156. The highest BCUT2D eigenvalue weighted by atomic mass is 79.9. The Morgan fingerprint density at radius 1 is 1.16 bits per heavy atom. The number of halogens is 1. The van der Waals surface area contributed by atoms with Crippen molar-refractivity contribution in [2.45, 2.75) is 6.92 Å². The standard InChI is InChI=1S/C15H15BrN2O/c1-11-10-12(16)8-9-14(11)17-15(19)18(2)13-6-4-3-5-7-13/h3-10H,1-2H3,(H,17,19). The van der Waals surface area contributed by atoms with Crippen molar-refractivity contribution in [2.24, 2.45) is 0 Å². The predicted octanol–water partition coefficient (Wildman–Crippen LogP) is 4.43. The molecule has 0 bridgehead atoms. The number of nitrogens with one attached hydrogen (secondary N) is 1. The van der Waals surface area contributed by atoms with Crippen molar-refractivity contribution in [1.82, 2.24) is 0 Å². The number of carbonyl (C=O) groups is 1. The Morgan fingerprint density at radius 2 is 1.84 bits per heavy atom. The molecule has 98 valence electrons. The fraction of sp³-hybridized carbons (Fsp3) is 0.133. The third-order valence-corrected chi connectivity index (χ3v) is 3.37. The molecule has 0 saturated heterocycles. The molecular formula is C15H15BrN2O. The molecule has 0 saturated carbocycles. The van der Waals surface area contributed by atoms with E-state index in [1.165, 1.54) is 0 Å². The molecule has 2 amide bonds. The maximum atomic E-state index is 12.2. The highest BCUT2D eigenvalue weighted by Gasteiger charge is 2.11. The summed E-state index contributed by atoms with van der Waals surface area (Å²) < 4.78 is 0.999. The van der Waals surface area contributed by atoms with E-state index in [0.717, 1.165) is 21.4 Å². The largest absolute Gasteiger partial charge is 0.326 e. The van der Waals surface area contributed by atoms with Crippen LogP contribution in [0.5, 0.6) is 0 Å². The second-order valence-corrected chi connectivity index (χ2v) is 5.20. The van der Waals surface area contributed by atoms with Crippen molar-refractivity contribution in [2.75, 3.05) is 17.3 Å². The van der Waals surface area contributed by atoms with Crippen LogP contribution in [0.15, 0.2) is 53.0 Å². The zero-order chi connectivity index (χ0) is 13.8. The molecule has 4 heteroatoms. The van der Waals surface area contributed by atoms with Crippen LogP contribution in [-0.4, -0.2) is 13.1 Å². The minimum absolute atomic E-state index is 0.156. The highest BCUT2D eigenvalue weighted by molar-refractivity contribution is 9.10. The second-order valence-electron chi connectivity index (χ2n) is 4.28. The van der Waals surface area contributed by atoms with E-state index < -0.39 is 0 Å². The van der Waals surface area contributed by atoms with Crippen molar-refractivity contribution in [3.8, 4) is 0 Å². The van der Waals surface area contributed by atoms with Crippen LogP contribution >= 0.6 is 15.9 Å². The fourth-order valence-electron chi connectivity index (χ4n) is 1.74. The summed E-state index contributed by atoms with van der Waals surface area (Å²) in [6, 6.07) is 15.1. The number of anilines is 2. The van der Waals surface area contributed by atoms with E-state index in [0.29, 0.717) is 0 Å². The number of aryl methyl sites for hydroxylation is 1. The third-order valence-electron chi connectivity index (χ3n) is 2.88. The zero-order valence-corrected chi connectivity index (χ0v) is 12.4. The maximum absolute atomic E-state index is 12.2. The number of rotatable bonds is 2. The minimum Gasteiger partial charge on any atom is -0.307 e. The van der Waals surface area contributed by atoms with Crippen LogP contribution in [0.1, 0.15) is 5.56 Å². The van der Waals surface area contributed by atoms with Crippen LogP contribution in [0.4, 0.5) is 16.2 Å². The quantitative estimate of drug-likeness (QED) is 0.873. The summed E-state index contributed by atoms with van der Waals surface area (Å²) in [4.78, 5) is 13.7. The molecule has 2 aromatic carbocycles. The lowest BCUT2D eigenvalue weighted by atomic mass is 10.2. The van der Waals surface area contributed by atoms with Crippen molar-refractivity contribution in [3.05, 3.63) is 58.6 Å². The third kappa shape index (κ3) is 3.35. The molecule has 2 rings (SSSR count). The number of benzene rings is 2. The molecule has 0 aromatic heterocycles. The van der Waals surface area contributed by atoms with Crippen molar-refractivity contribution < 1.29 is 4.79 Å². The fourth-order valence-corrected chi connectivity index (χ4v) is 2.21. The van der Waals surface area contributed by atoms with Crippen molar-refractivity contribution >= 4 is 33.3 Å². The molecular weight excluding hydrogens is 304 g/mol. The van der Waals surface area contributed by atoms with Crippen LogP contribution < -0.4 is 10.2 Å². The van der Waals surface area contributed by atoms with Gasteiger partial charge in [-0.05, 0) is 42.8 Å². The summed E-state index contributed by atoms with van der Waals surface area (Å²) in [6.45, 7) is 1.96. The first kappa shape index (κ1) is 13.6. The number of nitrogens with zero attached hydrogens (tertiary/aromatic N) is 1. The Kier molecular flexibility index (Phi) is 4.22. The summed E-state index contributed by atoms with van der Waals surface area (Å²) in [7, 11) is 1.75. The van der Waals surface area contributed by atoms with Gasteiger partial charge < -0.3 is 5.32 Å². The number of hydrogen-bond donors (Lipinski definition) is 1. The van der Waals surface area contributed by atoms with Gasteiger partial charge in [-0.3, -0.25) is 4.90 Å². The van der Waals surface area contributed by atoms with Gasteiger partial charge in [0.1, 0.15) is 0 Å². The lowest BCUT2D eigenvalue weighted by Crippen LogP contribution is -2.31. The predicted molar refractivity (Wildman–Crippen MR) is 82.7 cm³/mol. The van der Waals surface area contributed by atoms with E-state index in [2.05, 4.69) is 21.2 Å². The molecule has 19 heavy (non-hydrogen) atoms. The molecule has 0 fully saturated rings. The van der Waals surface area contributed by atoms with E-state index in [-0.39, 0.29) is 6.03 Å². The number of hydrogen-bond acceptors (Lipinski definition) is 1. The van der Waals surface area contributed by atoms with Gasteiger partial charge in [0.2, 0.25) is 0 Å². The van der Waals surface area contributed by atoms with E-state index in [4.69, 9.17) is 0 Å². The first-order valence-corrected chi connectivity index (χ1v) is 6.73. The normalized spacial score (nSPS) is 10.1. The first-order valence-electron chi connectivity index (χ1n) is 5.94. The molecule has 0 radical (unpaired) electrons. The van der Waals surface area contributed by atoms with Gasteiger partial charge >= 0.3 is 6.03 Å². The average molecular weight is 319 g/mol. The number of urea groups is 1. The van der Waals surface area contributed by atoms with Gasteiger partial charge in [-0.25, -0.2) is 4.79 Å². The van der Waals surface area contributed by atoms with Gasteiger partial charge in [-0.2, -0.15) is 0 Å². The lowest BCUT2D eigenvalue weighted by molar-refractivity contribution is 0.258. The van der Waals surface area contributed by atoms with Crippen molar-refractivity contribution in [3.63, 3.8) is 0 Å². The molecule has 0 aliphatic rings. The van der Waals surface area contributed by atoms with Gasteiger partial charge in [0, 0.05) is 22.9 Å². The van der Waals surface area contributed by atoms with E-state index in [1.807, 2.05) is 55.5 Å². The molecule has 0 aliphatic carbocycles. The Hall–Kier alpha value is -1.81. The Balaban J connectivity index is 2.13. The summed E-state index contributed by atoms with van der Waals surface area (Å²) in [5.41, 5.74) is 2.69. The van der Waals surface area contributed by atoms with E-state index >= 15 is 0 Å². The smallest absolute Gasteiger partial charge is 0.307 e. The molecule has 1 N–H and O–H groups in total. The first-order chi connectivity index (χ1) is 9.08. The van der Waals surface area contributed by atoms with Gasteiger partial charge in [-0.15, -0.1) is 0 Å². The van der Waals surface area contributed by atoms with Crippen LogP contribution in [0, 0.1) is 6.92 Å². The summed E-state index contributed by atoms with van der Waals surface area (Å²) in [6.07, 6.45) is 0. The Labute approximate surface area is 121 Å². The molecule has 0 atom stereocenters. The van der Waals surface area contributed by atoms with Gasteiger partial charge in [0.05, 0.1) is 0 Å². The summed E-state index contributed by atoms with van der Waals surface area (Å²) >= 11 is 3.41. The monoisotopic (exact) mass is 318 g/mol. The Bertz CT molecular complexity index is 584. The number of amides is 2. The summed E-state index contributed by atoms with van der Waals surface area (Å²) in [5.74, 6) is 0. The van der Waals surface area contributed by atoms with Crippen LogP contribution in [0.2, 0.25) is 0 Å². The molecule has 0 spiro atoms. The molecule has 0 aliphatic heterocycles. The van der Waals surface area contributed by atoms with Crippen molar-refractivity contribution in [1.29, 1.82) is 0 Å². The lowest BCUT2D eigenvalue weighted by Gasteiger charge is -2.18. The topological polar surface area (TPSA) is 32.3 Å². The van der Waals surface area contributed by atoms with Crippen LogP contribution in [0.25, 0.3) is 0 Å². The Morgan fingerprint density at radius 3 is 2.47 bits per heavy atom. The SMILES string of the molecule is Cc1cc(Br)ccc1NC(=O)N(C)c1ccccc1. The van der Waals surface area contributed by atoms with E-state index in [1.54, 1.807) is 11.9 Å². The second kappa shape index (κ2) is 5.89. The van der Waals surface area contributed by atoms with Crippen LogP contribution in [0.3, 0.4) is 0 Å². The molecule has 0 unspecified atom stereocenters. The summed E-state index contributed by atoms with van der Waals surface area (Å²) in [5, 5.41) is 2.90. The number of carbonyl (C=O) groups excluding carboxylic acids is 1. The maximum Gasteiger partial charge on any atom is 0.326 e.